The van der Waals surface area contributed by atoms with Crippen LogP contribution < -0.4 is 10.1 Å². The minimum Gasteiger partial charge on any atom is -0.484 e. The number of aryl methyl sites for hydroxylation is 2. The summed E-state index contributed by atoms with van der Waals surface area (Å²) in [5.41, 5.74) is 3.99. The molecule has 0 radical (unpaired) electrons. The molecule has 37 heavy (non-hydrogen) atoms. The Morgan fingerprint density at radius 2 is 1.68 bits per heavy atom. The summed E-state index contributed by atoms with van der Waals surface area (Å²) < 4.78 is 5.87. The molecule has 194 valence electrons. The lowest BCUT2D eigenvalue weighted by atomic mass is 10.0. The van der Waals surface area contributed by atoms with E-state index in [9.17, 15) is 9.59 Å². The first-order chi connectivity index (χ1) is 17.9. The Bertz CT molecular complexity index is 1190. The van der Waals surface area contributed by atoms with E-state index in [0.29, 0.717) is 23.7 Å². The van der Waals surface area contributed by atoms with Gasteiger partial charge in [0.25, 0.3) is 5.91 Å². The van der Waals surface area contributed by atoms with Gasteiger partial charge in [-0.1, -0.05) is 84.6 Å². The molecule has 1 saturated carbocycles. The highest BCUT2D eigenvalue weighted by Gasteiger charge is 2.32. The van der Waals surface area contributed by atoms with Crippen molar-refractivity contribution in [2.45, 2.75) is 64.6 Å². The summed E-state index contributed by atoms with van der Waals surface area (Å²) in [5.74, 6) is 0.217. The maximum absolute atomic E-state index is 13.7. The molecule has 6 heteroatoms. The van der Waals surface area contributed by atoms with E-state index < -0.39 is 6.04 Å². The van der Waals surface area contributed by atoms with Gasteiger partial charge in [-0.15, -0.1) is 0 Å². The van der Waals surface area contributed by atoms with Gasteiger partial charge in [0.1, 0.15) is 11.8 Å². The van der Waals surface area contributed by atoms with Crippen LogP contribution in [0.2, 0.25) is 5.02 Å². The zero-order chi connectivity index (χ0) is 26.2. The van der Waals surface area contributed by atoms with Crippen LogP contribution >= 0.6 is 11.6 Å². The molecule has 1 fully saturated rings. The molecular weight excluding hydrogens is 484 g/mol. The molecule has 0 bridgehead atoms. The molecule has 0 aliphatic heterocycles. The summed E-state index contributed by atoms with van der Waals surface area (Å²) in [7, 11) is 0. The van der Waals surface area contributed by atoms with Gasteiger partial charge in [-0.25, -0.2) is 0 Å². The van der Waals surface area contributed by atoms with Gasteiger partial charge < -0.3 is 15.0 Å². The quantitative estimate of drug-likeness (QED) is 0.356. The van der Waals surface area contributed by atoms with Crippen LogP contribution in [0.25, 0.3) is 0 Å². The van der Waals surface area contributed by atoms with Crippen molar-refractivity contribution in [1.29, 1.82) is 0 Å². The minimum atomic E-state index is -0.660. The zero-order valence-electron chi connectivity index (χ0n) is 21.6. The zero-order valence-corrected chi connectivity index (χ0v) is 22.3. The van der Waals surface area contributed by atoms with Gasteiger partial charge in [0.2, 0.25) is 5.91 Å². The third-order valence-corrected chi connectivity index (χ3v) is 7.36. The van der Waals surface area contributed by atoms with E-state index in [1.165, 1.54) is 0 Å². The van der Waals surface area contributed by atoms with Crippen molar-refractivity contribution < 1.29 is 14.3 Å². The maximum Gasteiger partial charge on any atom is 0.261 e. The van der Waals surface area contributed by atoms with Crippen LogP contribution in [-0.2, 0) is 22.6 Å². The Hall–Kier alpha value is -3.31. The van der Waals surface area contributed by atoms with E-state index in [1.807, 2.05) is 74.5 Å². The number of carbonyl (C=O) groups excluding carboxylic acids is 2. The molecule has 0 aromatic heterocycles. The van der Waals surface area contributed by atoms with Crippen molar-refractivity contribution in [3.63, 3.8) is 0 Å². The number of rotatable bonds is 10. The van der Waals surface area contributed by atoms with Crippen LogP contribution in [0.5, 0.6) is 5.75 Å². The second kappa shape index (κ2) is 12.8. The SMILES string of the molecule is Cc1ccc(CN(C(=O)COc2ccc(Cl)c(C)c2)C(Cc2ccccc2)C(=O)NC2CCCC2)cc1. The van der Waals surface area contributed by atoms with Crippen molar-refractivity contribution in [2.24, 2.45) is 0 Å². The number of nitrogens with one attached hydrogen (secondary N) is 1. The van der Waals surface area contributed by atoms with Gasteiger partial charge >= 0.3 is 0 Å². The Morgan fingerprint density at radius 3 is 2.35 bits per heavy atom. The van der Waals surface area contributed by atoms with Gasteiger partial charge in [0.15, 0.2) is 6.61 Å². The Labute approximate surface area is 224 Å². The summed E-state index contributed by atoms with van der Waals surface area (Å²) >= 11 is 6.14. The fraction of sp³-hybridized carbons (Fsp3) is 0.355. The van der Waals surface area contributed by atoms with E-state index in [0.717, 1.165) is 47.9 Å². The lowest BCUT2D eigenvalue weighted by Gasteiger charge is -2.32. The smallest absolute Gasteiger partial charge is 0.261 e. The van der Waals surface area contributed by atoms with Gasteiger partial charge in [-0.3, -0.25) is 9.59 Å². The lowest BCUT2D eigenvalue weighted by molar-refractivity contribution is -0.143. The Kier molecular flexibility index (Phi) is 9.24. The van der Waals surface area contributed by atoms with Crippen LogP contribution in [0.4, 0.5) is 0 Å². The highest BCUT2D eigenvalue weighted by molar-refractivity contribution is 6.31. The summed E-state index contributed by atoms with van der Waals surface area (Å²) in [6, 6.07) is 22.8. The molecule has 0 saturated heterocycles. The molecule has 5 nitrogen and oxygen atoms in total. The van der Waals surface area contributed by atoms with E-state index in [-0.39, 0.29) is 24.5 Å². The topological polar surface area (TPSA) is 58.6 Å². The number of carbonyl (C=O) groups is 2. The highest BCUT2D eigenvalue weighted by Crippen LogP contribution is 2.23. The number of hydrogen-bond acceptors (Lipinski definition) is 3. The summed E-state index contributed by atoms with van der Waals surface area (Å²) in [6.07, 6.45) is 4.63. The summed E-state index contributed by atoms with van der Waals surface area (Å²) in [4.78, 5) is 29.1. The third-order valence-electron chi connectivity index (χ3n) is 6.94. The number of hydrogen-bond donors (Lipinski definition) is 1. The molecule has 4 rings (SSSR count). The summed E-state index contributed by atoms with van der Waals surface area (Å²) in [5, 5.41) is 3.87. The average molecular weight is 519 g/mol. The van der Waals surface area contributed by atoms with Crippen molar-refractivity contribution in [3.8, 4) is 5.75 Å². The van der Waals surface area contributed by atoms with Crippen LogP contribution in [-0.4, -0.2) is 35.4 Å². The molecule has 0 heterocycles. The van der Waals surface area contributed by atoms with Crippen molar-refractivity contribution in [2.75, 3.05) is 6.61 Å². The molecule has 0 spiro atoms. The molecule has 1 aliphatic rings. The molecule has 2 amide bonds. The average Bonchev–Trinajstić information content (AvgIpc) is 3.41. The van der Waals surface area contributed by atoms with E-state index in [2.05, 4.69) is 5.32 Å². The van der Waals surface area contributed by atoms with Crippen molar-refractivity contribution >= 4 is 23.4 Å². The number of nitrogens with zero attached hydrogens (tertiary/aromatic N) is 1. The van der Waals surface area contributed by atoms with E-state index in [1.54, 1.807) is 17.0 Å². The molecule has 1 unspecified atom stereocenters. The number of benzene rings is 3. The molecule has 1 atom stereocenters. The van der Waals surface area contributed by atoms with Gasteiger partial charge in [0, 0.05) is 24.0 Å². The minimum absolute atomic E-state index is 0.112. The van der Waals surface area contributed by atoms with Crippen molar-refractivity contribution in [3.05, 3.63) is 100 Å². The largest absolute Gasteiger partial charge is 0.484 e. The molecule has 1 aliphatic carbocycles. The third kappa shape index (κ3) is 7.59. The van der Waals surface area contributed by atoms with Crippen LogP contribution in [0.15, 0.2) is 72.8 Å². The lowest BCUT2D eigenvalue weighted by Crippen LogP contribution is -2.53. The first-order valence-electron chi connectivity index (χ1n) is 13.0. The maximum atomic E-state index is 13.7. The second-order valence-electron chi connectivity index (χ2n) is 9.90. The Morgan fingerprint density at radius 1 is 0.973 bits per heavy atom. The van der Waals surface area contributed by atoms with E-state index in [4.69, 9.17) is 16.3 Å². The number of amides is 2. The predicted molar refractivity (Wildman–Crippen MR) is 148 cm³/mol. The monoisotopic (exact) mass is 518 g/mol. The standard InChI is InChI=1S/C31H35ClN2O3/c1-22-12-14-25(15-13-22)20-34(30(35)21-37-27-16-17-28(32)23(2)18-27)29(19-24-8-4-3-5-9-24)31(36)33-26-10-6-7-11-26/h3-5,8-9,12-18,26,29H,6-7,10-11,19-21H2,1-2H3,(H,33,36). The van der Waals surface area contributed by atoms with Crippen LogP contribution in [0.3, 0.4) is 0 Å². The van der Waals surface area contributed by atoms with Crippen LogP contribution in [0, 0.1) is 13.8 Å². The molecular formula is C31H35ClN2O3. The first-order valence-corrected chi connectivity index (χ1v) is 13.3. The van der Waals surface area contributed by atoms with Gasteiger partial charge in [-0.05, 0) is 61.6 Å². The number of halogens is 1. The normalized spacial score (nSPS) is 14.2. The van der Waals surface area contributed by atoms with E-state index >= 15 is 0 Å². The predicted octanol–water partition coefficient (Wildman–Crippen LogP) is 6.03. The fourth-order valence-electron chi connectivity index (χ4n) is 4.75. The van der Waals surface area contributed by atoms with Gasteiger partial charge in [0.05, 0.1) is 0 Å². The fourth-order valence-corrected chi connectivity index (χ4v) is 4.86. The number of ether oxygens (including phenoxy) is 1. The van der Waals surface area contributed by atoms with Crippen molar-refractivity contribution in [1.82, 2.24) is 10.2 Å². The van der Waals surface area contributed by atoms with Crippen LogP contribution in [0.1, 0.15) is 47.9 Å². The molecule has 3 aromatic carbocycles. The van der Waals surface area contributed by atoms with Gasteiger partial charge in [-0.2, -0.15) is 0 Å². The first kappa shape index (κ1) is 26.7. The summed E-state index contributed by atoms with van der Waals surface area (Å²) in [6.45, 7) is 4.07. The highest BCUT2D eigenvalue weighted by atomic mass is 35.5. The Balaban J connectivity index is 1.60. The molecule has 1 N–H and O–H groups in total. The second-order valence-corrected chi connectivity index (χ2v) is 10.3. The molecule has 3 aromatic rings.